The van der Waals surface area contributed by atoms with Gasteiger partial charge in [0.05, 0.1) is 6.33 Å². The number of imidazole rings is 1. The quantitative estimate of drug-likeness (QED) is 0.273. The Morgan fingerprint density at radius 1 is 1.50 bits per heavy atom. The van der Waals surface area contributed by atoms with E-state index in [1.54, 1.807) is 0 Å². The zero-order chi connectivity index (χ0) is 10.1. The van der Waals surface area contributed by atoms with Gasteiger partial charge >= 0.3 is 0 Å². The van der Waals surface area contributed by atoms with Crippen LogP contribution < -0.4 is 10.8 Å². The minimum absolute atomic E-state index is 0.0972. The molecule has 0 aliphatic heterocycles. The van der Waals surface area contributed by atoms with E-state index >= 15 is 0 Å². The summed E-state index contributed by atoms with van der Waals surface area (Å²) >= 11 is 0. The molecule has 5 N–H and O–H groups in total. The highest BCUT2D eigenvalue weighted by Crippen LogP contribution is 2.17. The van der Waals surface area contributed by atoms with Crippen molar-refractivity contribution < 1.29 is 5.21 Å². The number of anilines is 1. The van der Waals surface area contributed by atoms with Crippen molar-refractivity contribution in [2.75, 3.05) is 5.06 Å². The third-order valence-electron chi connectivity index (χ3n) is 1.63. The van der Waals surface area contributed by atoms with E-state index in [9.17, 15) is 5.21 Å². The number of rotatable bonds is 1. The van der Waals surface area contributed by atoms with Gasteiger partial charge in [-0.05, 0) is 0 Å². The number of nitrogens with two attached hydrogens (primary N) is 1. The first-order chi connectivity index (χ1) is 6.70. The van der Waals surface area contributed by atoms with Crippen LogP contribution in [-0.4, -0.2) is 31.1 Å². The van der Waals surface area contributed by atoms with E-state index in [2.05, 4.69) is 19.9 Å². The number of hydrogen-bond acceptors (Lipinski definition) is 5. The largest absolute Gasteiger partial charge is 0.368 e. The van der Waals surface area contributed by atoms with E-state index in [0.29, 0.717) is 16.2 Å². The third-order valence-corrected chi connectivity index (χ3v) is 1.63. The van der Waals surface area contributed by atoms with Gasteiger partial charge < -0.3 is 10.7 Å². The molecule has 72 valence electrons. The highest BCUT2D eigenvalue weighted by Gasteiger charge is 2.13. The van der Waals surface area contributed by atoms with Crippen LogP contribution >= 0.6 is 0 Å². The van der Waals surface area contributed by atoms with Gasteiger partial charge in [0.15, 0.2) is 11.5 Å². The molecule has 8 nitrogen and oxygen atoms in total. The van der Waals surface area contributed by atoms with Gasteiger partial charge in [-0.15, -0.1) is 0 Å². The lowest BCUT2D eigenvalue weighted by Crippen LogP contribution is -2.34. The third kappa shape index (κ3) is 1.13. The van der Waals surface area contributed by atoms with Crippen molar-refractivity contribution in [3.63, 3.8) is 0 Å². The molecule has 2 aromatic heterocycles. The Labute approximate surface area is 77.9 Å². The van der Waals surface area contributed by atoms with Gasteiger partial charge in [-0.2, -0.15) is 5.06 Å². The topological polar surface area (TPSA) is 128 Å². The van der Waals surface area contributed by atoms with Gasteiger partial charge in [-0.1, -0.05) is 0 Å². The first-order valence-electron chi connectivity index (χ1n) is 3.67. The summed E-state index contributed by atoms with van der Waals surface area (Å²) in [5.41, 5.74) is 5.91. The van der Waals surface area contributed by atoms with Gasteiger partial charge in [-0.25, -0.2) is 15.0 Å². The van der Waals surface area contributed by atoms with Gasteiger partial charge in [0.25, 0.3) is 0 Å². The Hall–Kier alpha value is -2.22. The van der Waals surface area contributed by atoms with Crippen LogP contribution in [0.2, 0.25) is 0 Å². The average Bonchev–Trinajstić information content (AvgIpc) is 2.63. The normalized spacial score (nSPS) is 10.4. The lowest BCUT2D eigenvalue weighted by Gasteiger charge is -2.12. The van der Waals surface area contributed by atoms with Gasteiger partial charge in [-0.3, -0.25) is 10.6 Å². The van der Waals surface area contributed by atoms with Crippen molar-refractivity contribution in [3.8, 4) is 0 Å². The average molecular weight is 193 g/mol. The molecule has 2 heterocycles. The Balaban J connectivity index is 2.61. The number of aromatic amines is 1. The molecule has 0 saturated carbocycles. The van der Waals surface area contributed by atoms with E-state index < -0.39 is 5.96 Å². The number of hydrogen-bond donors (Lipinski definition) is 4. The lowest BCUT2D eigenvalue weighted by molar-refractivity contribution is 0.307. The van der Waals surface area contributed by atoms with Crippen LogP contribution in [0.4, 0.5) is 5.82 Å². The minimum atomic E-state index is -0.528. The Bertz CT molecular complexity index is 478. The number of fused-ring (bicyclic) bond motifs is 1. The van der Waals surface area contributed by atoms with E-state index in [1.807, 2.05) is 0 Å². The zero-order valence-corrected chi connectivity index (χ0v) is 6.97. The summed E-state index contributed by atoms with van der Waals surface area (Å²) in [5.74, 6) is -0.431. The fourth-order valence-electron chi connectivity index (χ4n) is 1.03. The fourth-order valence-corrected chi connectivity index (χ4v) is 1.03. The molecule has 0 fully saturated rings. The summed E-state index contributed by atoms with van der Waals surface area (Å²) in [6, 6.07) is 0. The summed E-state index contributed by atoms with van der Waals surface area (Å²) in [4.78, 5) is 14.2. The zero-order valence-electron chi connectivity index (χ0n) is 6.97. The maximum atomic E-state index is 9.36. The molecule has 0 aliphatic rings. The molecule has 0 saturated heterocycles. The van der Waals surface area contributed by atoms with E-state index in [4.69, 9.17) is 11.1 Å². The molecule has 0 radical (unpaired) electrons. The van der Waals surface area contributed by atoms with Crippen LogP contribution in [0.25, 0.3) is 11.2 Å². The van der Waals surface area contributed by atoms with Crippen molar-refractivity contribution >= 4 is 22.9 Å². The van der Waals surface area contributed by atoms with Crippen molar-refractivity contribution in [2.45, 2.75) is 0 Å². The first kappa shape index (κ1) is 8.38. The van der Waals surface area contributed by atoms with Gasteiger partial charge in [0.1, 0.15) is 11.8 Å². The Morgan fingerprint density at radius 3 is 3.00 bits per heavy atom. The van der Waals surface area contributed by atoms with Crippen molar-refractivity contribution in [2.24, 2.45) is 5.73 Å². The number of nitrogens with zero attached hydrogens (tertiary/aromatic N) is 4. The number of guanidine groups is 1. The lowest BCUT2D eigenvalue weighted by atomic mass is 10.5. The summed E-state index contributed by atoms with van der Waals surface area (Å²) in [6.07, 6.45) is 2.64. The van der Waals surface area contributed by atoms with Gasteiger partial charge in [0, 0.05) is 0 Å². The number of hydroxylamine groups is 1. The van der Waals surface area contributed by atoms with Crippen LogP contribution in [0.1, 0.15) is 0 Å². The van der Waals surface area contributed by atoms with E-state index in [1.165, 1.54) is 12.7 Å². The minimum Gasteiger partial charge on any atom is -0.368 e. The maximum absolute atomic E-state index is 9.36. The first-order valence-corrected chi connectivity index (χ1v) is 3.67. The van der Waals surface area contributed by atoms with Crippen molar-refractivity contribution in [3.05, 3.63) is 12.7 Å². The molecule has 0 aromatic carbocycles. The molecule has 2 rings (SSSR count). The van der Waals surface area contributed by atoms with Gasteiger partial charge in [0.2, 0.25) is 5.96 Å². The molecule has 0 spiro atoms. The molecular weight excluding hydrogens is 186 g/mol. The second-order valence-electron chi connectivity index (χ2n) is 2.50. The molecule has 14 heavy (non-hydrogen) atoms. The number of H-pyrrole nitrogens is 1. The summed E-state index contributed by atoms with van der Waals surface area (Å²) in [6.45, 7) is 0. The highest BCUT2D eigenvalue weighted by atomic mass is 16.5. The van der Waals surface area contributed by atoms with Crippen molar-refractivity contribution in [1.82, 2.24) is 19.9 Å². The second-order valence-corrected chi connectivity index (χ2v) is 2.50. The molecule has 8 heteroatoms. The Morgan fingerprint density at radius 2 is 2.29 bits per heavy atom. The summed E-state index contributed by atoms with van der Waals surface area (Å²) < 4.78 is 0. The second kappa shape index (κ2) is 2.92. The van der Waals surface area contributed by atoms with E-state index in [0.717, 1.165) is 0 Å². The molecule has 0 aliphatic carbocycles. The standard InChI is InChI=1S/C6H7N7O/c7-6(8)13(14)5-3-4(10-1-9-3)11-2-12-5/h1-2,14H,(H3,7,8)(H,9,10,11,12). The van der Waals surface area contributed by atoms with Crippen LogP contribution in [-0.2, 0) is 0 Å². The van der Waals surface area contributed by atoms with Crippen molar-refractivity contribution in [1.29, 1.82) is 5.41 Å². The molecular formula is C6H7N7O. The predicted octanol–water partition coefficient (Wildman–Crippen LogP) is -0.558. The van der Waals surface area contributed by atoms with Crippen LogP contribution in [0.15, 0.2) is 12.7 Å². The molecule has 2 aromatic rings. The fraction of sp³-hybridized carbons (Fsp3) is 0. The van der Waals surface area contributed by atoms with Crippen LogP contribution in [0, 0.1) is 5.41 Å². The highest BCUT2D eigenvalue weighted by molar-refractivity contribution is 5.96. The van der Waals surface area contributed by atoms with E-state index in [-0.39, 0.29) is 5.82 Å². The smallest absolute Gasteiger partial charge is 0.219 e. The van der Waals surface area contributed by atoms with Crippen LogP contribution in [0.3, 0.4) is 0 Å². The molecule has 0 bridgehead atoms. The van der Waals surface area contributed by atoms with Crippen LogP contribution in [0.5, 0.6) is 0 Å². The number of aromatic nitrogens is 4. The molecule has 0 amide bonds. The molecule has 0 unspecified atom stereocenters. The number of nitrogens with one attached hydrogen (secondary N) is 2. The SMILES string of the molecule is N=C(N)N(O)c1ncnc2nc[nH]c12. The Kier molecular flexibility index (Phi) is 1.75. The predicted molar refractivity (Wildman–Crippen MR) is 47.9 cm³/mol. The maximum Gasteiger partial charge on any atom is 0.219 e. The molecule has 0 atom stereocenters. The summed E-state index contributed by atoms with van der Waals surface area (Å²) in [7, 11) is 0. The monoisotopic (exact) mass is 193 g/mol. The summed E-state index contributed by atoms with van der Waals surface area (Å²) in [5, 5.41) is 16.8.